The summed E-state index contributed by atoms with van der Waals surface area (Å²) in [7, 11) is 0. The van der Waals surface area contributed by atoms with Crippen molar-refractivity contribution in [2.45, 2.75) is 6.18 Å². The summed E-state index contributed by atoms with van der Waals surface area (Å²) in [6, 6.07) is 2.64. The van der Waals surface area contributed by atoms with Crippen LogP contribution in [0, 0.1) is 21.4 Å². The fourth-order valence-electron chi connectivity index (χ4n) is 1.36. The molecule has 0 saturated heterocycles. The lowest BCUT2D eigenvalue weighted by atomic mass is 10.0. The average molecular weight is 259 g/mol. The summed E-state index contributed by atoms with van der Waals surface area (Å²) in [5.74, 6) is -1.46. The number of rotatable bonds is 2. The van der Waals surface area contributed by atoms with E-state index in [4.69, 9.17) is 11.0 Å². The fraction of sp³-hybridized carbons (Fsp3) is 0.111. The van der Waals surface area contributed by atoms with E-state index in [9.17, 15) is 28.1 Å². The van der Waals surface area contributed by atoms with Crippen molar-refractivity contribution < 1.29 is 22.9 Å². The van der Waals surface area contributed by atoms with Gasteiger partial charge in [0.05, 0.1) is 10.5 Å². The van der Waals surface area contributed by atoms with Crippen LogP contribution in [0.15, 0.2) is 12.1 Å². The Morgan fingerprint density at radius 3 is 2.33 bits per heavy atom. The molecule has 1 aromatic carbocycles. The lowest BCUT2D eigenvalue weighted by molar-refractivity contribution is -0.388. The minimum absolute atomic E-state index is 0.636. The van der Waals surface area contributed by atoms with Gasteiger partial charge >= 0.3 is 6.18 Å². The third-order valence-corrected chi connectivity index (χ3v) is 2.03. The summed E-state index contributed by atoms with van der Waals surface area (Å²) in [6.45, 7) is 0. The zero-order valence-corrected chi connectivity index (χ0v) is 8.49. The van der Waals surface area contributed by atoms with E-state index >= 15 is 0 Å². The molecule has 0 unspecified atom stereocenters. The lowest BCUT2D eigenvalue weighted by Gasteiger charge is -2.11. The lowest BCUT2D eigenvalue weighted by Crippen LogP contribution is -2.21. The molecular weight excluding hydrogens is 255 g/mol. The van der Waals surface area contributed by atoms with E-state index in [1.54, 1.807) is 0 Å². The molecule has 0 aliphatic rings. The van der Waals surface area contributed by atoms with E-state index in [2.05, 4.69) is 0 Å². The molecule has 0 heterocycles. The summed E-state index contributed by atoms with van der Waals surface area (Å²) >= 11 is 0. The Bertz CT molecular complexity index is 575. The summed E-state index contributed by atoms with van der Waals surface area (Å²) in [4.78, 5) is 20.1. The first-order valence-corrected chi connectivity index (χ1v) is 4.28. The molecule has 0 radical (unpaired) electrons. The number of carbonyl (C=O) groups excluding carboxylic acids is 1. The molecule has 94 valence electrons. The van der Waals surface area contributed by atoms with E-state index in [1.807, 2.05) is 0 Å². The number of hydrogen-bond donors (Lipinski definition) is 1. The third kappa shape index (κ3) is 2.22. The molecule has 0 bridgehead atoms. The molecule has 18 heavy (non-hydrogen) atoms. The van der Waals surface area contributed by atoms with E-state index in [0.717, 1.165) is 6.07 Å². The largest absolute Gasteiger partial charge is 0.423 e. The Kier molecular flexibility index (Phi) is 3.23. The topological polar surface area (TPSA) is 110 Å². The number of benzene rings is 1. The molecule has 1 rings (SSSR count). The maximum absolute atomic E-state index is 12.7. The van der Waals surface area contributed by atoms with Crippen LogP contribution in [-0.4, -0.2) is 10.8 Å². The second-order valence-corrected chi connectivity index (χ2v) is 3.12. The van der Waals surface area contributed by atoms with Crippen LogP contribution < -0.4 is 5.73 Å². The standard InChI is InChI=1S/C9H4F3N3O3/c10-9(11,12)6-5(8(14)16)2-1-4(3-13)7(6)15(17)18/h1-2H,(H2,14,16). The third-order valence-electron chi connectivity index (χ3n) is 2.03. The maximum Gasteiger partial charge on any atom is 0.423 e. The van der Waals surface area contributed by atoms with Gasteiger partial charge in [0.25, 0.3) is 5.69 Å². The minimum atomic E-state index is -5.17. The predicted molar refractivity (Wildman–Crippen MR) is 51.3 cm³/mol. The molecule has 2 N–H and O–H groups in total. The maximum atomic E-state index is 12.7. The minimum Gasteiger partial charge on any atom is -0.366 e. The second-order valence-electron chi connectivity index (χ2n) is 3.12. The van der Waals surface area contributed by atoms with E-state index in [0.29, 0.717) is 6.07 Å². The fourth-order valence-corrected chi connectivity index (χ4v) is 1.36. The van der Waals surface area contributed by atoms with Crippen LogP contribution in [0.1, 0.15) is 21.5 Å². The van der Waals surface area contributed by atoms with Crippen molar-refractivity contribution in [3.05, 3.63) is 38.9 Å². The van der Waals surface area contributed by atoms with Crippen molar-refractivity contribution in [2.24, 2.45) is 5.73 Å². The van der Waals surface area contributed by atoms with Crippen LogP contribution >= 0.6 is 0 Å². The molecule has 1 aromatic rings. The number of nitro groups is 1. The molecule has 6 nitrogen and oxygen atoms in total. The number of amides is 1. The van der Waals surface area contributed by atoms with E-state index < -0.39 is 39.4 Å². The van der Waals surface area contributed by atoms with Gasteiger partial charge in [-0.1, -0.05) is 0 Å². The summed E-state index contributed by atoms with van der Waals surface area (Å²) in [5.41, 5.74) is -0.392. The molecule has 0 spiro atoms. The van der Waals surface area contributed by atoms with Crippen LogP contribution in [-0.2, 0) is 6.18 Å². The molecule has 0 aliphatic heterocycles. The van der Waals surface area contributed by atoms with Crippen LogP contribution in [0.25, 0.3) is 0 Å². The number of nitro benzene ring substituents is 1. The molecule has 0 atom stereocenters. The van der Waals surface area contributed by atoms with Gasteiger partial charge in [-0.25, -0.2) is 0 Å². The molecule has 9 heteroatoms. The Morgan fingerprint density at radius 2 is 2.00 bits per heavy atom. The highest BCUT2D eigenvalue weighted by molar-refractivity contribution is 5.96. The Balaban J connectivity index is 3.85. The van der Waals surface area contributed by atoms with Gasteiger partial charge in [0.2, 0.25) is 5.91 Å². The van der Waals surface area contributed by atoms with Crippen molar-refractivity contribution in [1.29, 1.82) is 5.26 Å². The van der Waals surface area contributed by atoms with Gasteiger partial charge in [0, 0.05) is 0 Å². The highest BCUT2D eigenvalue weighted by Crippen LogP contribution is 2.40. The van der Waals surface area contributed by atoms with Crippen LogP contribution in [0.3, 0.4) is 0 Å². The number of carbonyl (C=O) groups is 1. The number of nitrogens with two attached hydrogens (primary N) is 1. The Morgan fingerprint density at radius 1 is 1.44 bits per heavy atom. The van der Waals surface area contributed by atoms with Gasteiger partial charge in [-0.15, -0.1) is 0 Å². The first-order valence-electron chi connectivity index (χ1n) is 4.28. The quantitative estimate of drug-likeness (QED) is 0.642. The van der Waals surface area contributed by atoms with Crippen molar-refractivity contribution >= 4 is 11.6 Å². The normalized spacial score (nSPS) is 10.8. The second kappa shape index (κ2) is 4.33. The summed E-state index contributed by atoms with van der Waals surface area (Å²) in [6.07, 6.45) is -5.17. The van der Waals surface area contributed by atoms with Crippen molar-refractivity contribution in [1.82, 2.24) is 0 Å². The van der Waals surface area contributed by atoms with Crippen molar-refractivity contribution in [3.63, 3.8) is 0 Å². The smallest absolute Gasteiger partial charge is 0.366 e. The van der Waals surface area contributed by atoms with Gasteiger partial charge in [-0.2, -0.15) is 18.4 Å². The molecule has 1 amide bonds. The summed E-state index contributed by atoms with van der Waals surface area (Å²) in [5, 5.41) is 19.2. The molecule has 0 aromatic heterocycles. The highest BCUT2D eigenvalue weighted by Gasteiger charge is 2.43. The molecule has 0 saturated carbocycles. The predicted octanol–water partition coefficient (Wildman–Crippen LogP) is 1.58. The SMILES string of the molecule is N#Cc1ccc(C(N)=O)c(C(F)(F)F)c1[N+](=O)[O-]. The number of alkyl halides is 3. The Hall–Kier alpha value is -2.63. The highest BCUT2D eigenvalue weighted by atomic mass is 19.4. The van der Waals surface area contributed by atoms with E-state index in [-0.39, 0.29) is 0 Å². The zero-order valence-electron chi connectivity index (χ0n) is 8.49. The van der Waals surface area contributed by atoms with Crippen LogP contribution in [0.5, 0.6) is 0 Å². The van der Waals surface area contributed by atoms with E-state index in [1.165, 1.54) is 6.07 Å². The number of nitrogens with zero attached hydrogens (tertiary/aromatic N) is 2. The monoisotopic (exact) mass is 259 g/mol. The van der Waals surface area contributed by atoms with Gasteiger partial charge in [-0.05, 0) is 12.1 Å². The number of nitriles is 1. The molecule has 0 aliphatic carbocycles. The van der Waals surface area contributed by atoms with Gasteiger partial charge < -0.3 is 5.73 Å². The number of halogens is 3. The van der Waals surface area contributed by atoms with Gasteiger partial charge in [0.15, 0.2) is 0 Å². The molecule has 0 fully saturated rings. The zero-order chi connectivity index (χ0) is 14.1. The number of hydrogen-bond acceptors (Lipinski definition) is 4. The van der Waals surface area contributed by atoms with Crippen molar-refractivity contribution in [3.8, 4) is 6.07 Å². The van der Waals surface area contributed by atoms with Gasteiger partial charge in [0.1, 0.15) is 17.2 Å². The first kappa shape index (κ1) is 13.4. The van der Waals surface area contributed by atoms with Crippen LogP contribution in [0.4, 0.5) is 18.9 Å². The average Bonchev–Trinajstić information content (AvgIpc) is 2.25. The van der Waals surface area contributed by atoms with Crippen LogP contribution in [0.2, 0.25) is 0 Å². The number of primary amides is 1. The Labute approximate surface area is 97.6 Å². The van der Waals surface area contributed by atoms with Gasteiger partial charge in [-0.3, -0.25) is 14.9 Å². The summed E-state index contributed by atoms with van der Waals surface area (Å²) < 4.78 is 38.2. The first-order chi connectivity index (χ1) is 8.20. The molecular formula is C9H4F3N3O3. The van der Waals surface area contributed by atoms with Crippen molar-refractivity contribution in [2.75, 3.05) is 0 Å².